The van der Waals surface area contributed by atoms with E-state index in [9.17, 15) is 19.1 Å². The number of aliphatic hydroxyl groups is 1. The van der Waals surface area contributed by atoms with Crippen molar-refractivity contribution in [3.63, 3.8) is 0 Å². The molecule has 0 heterocycles. The molecule has 6 heteroatoms. The van der Waals surface area contributed by atoms with Crippen molar-refractivity contribution in [2.24, 2.45) is 0 Å². The Hall–Kier alpha value is -2.57. The lowest BCUT2D eigenvalue weighted by atomic mass is 9.87. The second-order valence-corrected chi connectivity index (χ2v) is 7.39. The van der Waals surface area contributed by atoms with Crippen LogP contribution in [0.2, 0.25) is 0 Å². The number of halogens is 1. The molecule has 2 aromatic carbocycles. The number of hydroxylamine groups is 1. The van der Waals surface area contributed by atoms with Crippen molar-refractivity contribution in [1.29, 1.82) is 0 Å². The van der Waals surface area contributed by atoms with Crippen molar-refractivity contribution in [3.05, 3.63) is 71.0 Å². The lowest BCUT2D eigenvalue weighted by molar-refractivity contribution is -0.129. The van der Waals surface area contributed by atoms with E-state index in [-0.39, 0.29) is 11.7 Å². The smallest absolute Gasteiger partial charge is 0.243 e. The molecule has 1 atom stereocenters. The highest BCUT2D eigenvalue weighted by molar-refractivity contribution is 5.96. The van der Waals surface area contributed by atoms with Gasteiger partial charge in [0.2, 0.25) is 5.91 Å². The Morgan fingerprint density at radius 2 is 1.55 bits per heavy atom. The quantitative estimate of drug-likeness (QED) is 0.224. The number of carbonyl (C=O) groups is 2. The summed E-state index contributed by atoms with van der Waals surface area (Å²) >= 11 is 0. The van der Waals surface area contributed by atoms with Gasteiger partial charge in [-0.1, -0.05) is 55.7 Å². The Bertz CT molecular complexity index is 818. The monoisotopic (exact) mass is 401 g/mol. The zero-order valence-electron chi connectivity index (χ0n) is 16.7. The number of amides is 1. The van der Waals surface area contributed by atoms with Crippen LogP contribution in [-0.4, -0.2) is 22.0 Å². The van der Waals surface area contributed by atoms with Crippen LogP contribution >= 0.6 is 0 Å². The molecular weight excluding hydrogens is 373 g/mol. The van der Waals surface area contributed by atoms with E-state index in [1.165, 1.54) is 12.1 Å². The predicted octanol–water partition coefficient (Wildman–Crippen LogP) is 4.50. The Labute approximate surface area is 170 Å². The van der Waals surface area contributed by atoms with Gasteiger partial charge in [-0.05, 0) is 43.0 Å². The van der Waals surface area contributed by atoms with E-state index in [2.05, 4.69) is 0 Å². The first-order valence-electron chi connectivity index (χ1n) is 9.89. The van der Waals surface area contributed by atoms with E-state index in [4.69, 9.17) is 5.21 Å². The van der Waals surface area contributed by atoms with Crippen LogP contribution < -0.4 is 5.48 Å². The highest BCUT2D eigenvalue weighted by Crippen LogP contribution is 2.29. The van der Waals surface area contributed by atoms with Crippen LogP contribution in [0.5, 0.6) is 0 Å². The number of carbonyl (C=O) groups excluding carboxylic acids is 2. The highest BCUT2D eigenvalue weighted by Gasteiger charge is 2.26. The van der Waals surface area contributed by atoms with Gasteiger partial charge in [0.1, 0.15) is 11.4 Å². The minimum Gasteiger partial charge on any atom is -0.381 e. The minimum atomic E-state index is -1.35. The molecular formula is C23H28FNO4. The van der Waals surface area contributed by atoms with Gasteiger partial charge in [0.15, 0.2) is 5.78 Å². The fourth-order valence-electron chi connectivity index (χ4n) is 3.24. The second-order valence-electron chi connectivity index (χ2n) is 7.39. The Morgan fingerprint density at radius 3 is 2.17 bits per heavy atom. The minimum absolute atomic E-state index is 0.0432. The van der Waals surface area contributed by atoms with Gasteiger partial charge < -0.3 is 5.11 Å². The molecule has 0 bridgehead atoms. The molecule has 156 valence electrons. The number of unbranched alkanes of at least 4 members (excludes halogenated alkanes) is 4. The van der Waals surface area contributed by atoms with E-state index >= 15 is 0 Å². The molecule has 0 aliphatic rings. The number of Topliss-reactive ketones (excluding diaryl/α,β-unsaturated/α-hetero) is 1. The lowest BCUT2D eigenvalue weighted by Crippen LogP contribution is -2.23. The van der Waals surface area contributed by atoms with Gasteiger partial charge in [-0.25, -0.2) is 9.87 Å². The van der Waals surface area contributed by atoms with Crippen molar-refractivity contribution >= 4 is 11.7 Å². The summed E-state index contributed by atoms with van der Waals surface area (Å²) in [6.45, 7) is 1.60. The molecule has 0 aromatic heterocycles. The Balaban J connectivity index is 1.82. The van der Waals surface area contributed by atoms with Crippen LogP contribution in [0.15, 0.2) is 48.5 Å². The first kappa shape index (κ1) is 22.7. The fourth-order valence-corrected chi connectivity index (χ4v) is 3.24. The summed E-state index contributed by atoms with van der Waals surface area (Å²) in [5.41, 5.74) is 1.89. The number of benzene rings is 2. The maximum atomic E-state index is 13.5. The van der Waals surface area contributed by atoms with E-state index < -0.39 is 11.4 Å². The number of rotatable bonds is 11. The third-order valence-corrected chi connectivity index (χ3v) is 5.09. The SMILES string of the molecule is CC(O)(c1ccc(C(=O)CCCCCCCC(=O)NO)cc1)c1cccc(F)c1. The zero-order chi connectivity index (χ0) is 21.3. The molecule has 1 unspecified atom stereocenters. The molecule has 0 saturated carbocycles. The average Bonchev–Trinajstić information content (AvgIpc) is 2.72. The third-order valence-electron chi connectivity index (χ3n) is 5.09. The molecule has 29 heavy (non-hydrogen) atoms. The molecule has 2 aromatic rings. The van der Waals surface area contributed by atoms with Crippen molar-refractivity contribution < 1.29 is 24.3 Å². The highest BCUT2D eigenvalue weighted by atomic mass is 19.1. The van der Waals surface area contributed by atoms with Crippen molar-refractivity contribution in [2.75, 3.05) is 0 Å². The van der Waals surface area contributed by atoms with Crippen LogP contribution in [0.4, 0.5) is 4.39 Å². The van der Waals surface area contributed by atoms with Crippen LogP contribution in [0, 0.1) is 5.82 Å². The molecule has 1 amide bonds. The summed E-state index contributed by atoms with van der Waals surface area (Å²) in [4.78, 5) is 23.2. The van der Waals surface area contributed by atoms with Gasteiger partial charge in [-0.3, -0.25) is 14.8 Å². The molecule has 0 aliphatic carbocycles. The molecule has 0 spiro atoms. The topological polar surface area (TPSA) is 86.6 Å². The van der Waals surface area contributed by atoms with E-state index in [0.717, 1.165) is 25.7 Å². The van der Waals surface area contributed by atoms with Crippen molar-refractivity contribution in [2.45, 2.75) is 57.5 Å². The summed E-state index contributed by atoms with van der Waals surface area (Å²) in [7, 11) is 0. The maximum absolute atomic E-state index is 13.5. The Kier molecular flexibility index (Phi) is 8.49. The summed E-state index contributed by atoms with van der Waals surface area (Å²) < 4.78 is 13.5. The molecule has 0 saturated heterocycles. The van der Waals surface area contributed by atoms with Crippen LogP contribution in [0.25, 0.3) is 0 Å². The first-order valence-corrected chi connectivity index (χ1v) is 9.89. The standard InChI is InChI=1S/C23H28FNO4/c1-23(28,19-8-7-9-20(24)16-19)18-14-12-17(13-15-18)21(26)10-5-3-2-4-6-11-22(27)25-29/h7-9,12-16,28-29H,2-6,10-11H2,1H3,(H,25,27). The summed E-state index contributed by atoms with van der Waals surface area (Å²) in [5, 5.41) is 19.2. The molecule has 0 radical (unpaired) electrons. The molecule has 0 fully saturated rings. The summed E-state index contributed by atoms with van der Waals surface area (Å²) in [5.74, 6) is -0.743. The van der Waals surface area contributed by atoms with Gasteiger partial charge in [0, 0.05) is 18.4 Å². The van der Waals surface area contributed by atoms with Crippen molar-refractivity contribution in [3.8, 4) is 0 Å². The van der Waals surface area contributed by atoms with Gasteiger partial charge in [0.05, 0.1) is 0 Å². The average molecular weight is 401 g/mol. The maximum Gasteiger partial charge on any atom is 0.243 e. The van der Waals surface area contributed by atoms with Gasteiger partial charge >= 0.3 is 0 Å². The fraction of sp³-hybridized carbons (Fsp3) is 0.391. The van der Waals surface area contributed by atoms with Gasteiger partial charge in [-0.15, -0.1) is 0 Å². The predicted molar refractivity (Wildman–Crippen MR) is 108 cm³/mol. The van der Waals surface area contributed by atoms with E-state index in [1.807, 2.05) is 0 Å². The first-order chi connectivity index (χ1) is 13.8. The number of ketones is 1. The van der Waals surface area contributed by atoms with Gasteiger partial charge in [0.25, 0.3) is 0 Å². The lowest BCUT2D eigenvalue weighted by Gasteiger charge is -2.24. The third kappa shape index (κ3) is 6.76. The largest absolute Gasteiger partial charge is 0.381 e. The Morgan fingerprint density at radius 1 is 0.931 bits per heavy atom. The molecule has 3 N–H and O–H groups in total. The van der Waals surface area contributed by atoms with E-state index in [0.29, 0.717) is 36.0 Å². The molecule has 2 rings (SSSR count). The van der Waals surface area contributed by atoms with Gasteiger partial charge in [-0.2, -0.15) is 0 Å². The molecule has 0 aliphatic heterocycles. The second kappa shape index (κ2) is 10.8. The molecule has 5 nitrogen and oxygen atoms in total. The number of hydrogen-bond donors (Lipinski definition) is 3. The van der Waals surface area contributed by atoms with Crippen LogP contribution in [0.1, 0.15) is 73.4 Å². The summed E-state index contributed by atoms with van der Waals surface area (Å²) in [6.07, 6.45) is 4.95. The number of hydrogen-bond acceptors (Lipinski definition) is 4. The number of nitrogens with one attached hydrogen (secondary N) is 1. The van der Waals surface area contributed by atoms with E-state index in [1.54, 1.807) is 48.8 Å². The van der Waals surface area contributed by atoms with Crippen molar-refractivity contribution in [1.82, 2.24) is 5.48 Å². The van der Waals surface area contributed by atoms with Crippen LogP contribution in [0.3, 0.4) is 0 Å². The normalized spacial score (nSPS) is 13.0. The zero-order valence-corrected chi connectivity index (χ0v) is 16.7. The van der Waals surface area contributed by atoms with Crippen LogP contribution in [-0.2, 0) is 10.4 Å². The summed E-state index contributed by atoms with van der Waals surface area (Å²) in [6, 6.07) is 12.6.